The van der Waals surface area contributed by atoms with Gasteiger partial charge in [-0.2, -0.15) is 4.31 Å². The topological polar surface area (TPSA) is 66.5 Å². The van der Waals surface area contributed by atoms with E-state index in [1.165, 1.54) is 12.1 Å². The molecule has 0 atom stereocenters. The van der Waals surface area contributed by atoms with Gasteiger partial charge in [-0.05, 0) is 36.8 Å². The van der Waals surface area contributed by atoms with Crippen molar-refractivity contribution in [3.05, 3.63) is 94.0 Å². The molecule has 3 aromatic carbocycles. The Morgan fingerprint density at radius 3 is 2.27 bits per heavy atom. The first kappa shape index (κ1) is 22.3. The molecule has 0 aliphatic rings. The Kier molecular flexibility index (Phi) is 7.15. The highest BCUT2D eigenvalue weighted by Gasteiger charge is 2.27. The summed E-state index contributed by atoms with van der Waals surface area (Å²) in [4.78, 5) is 12.8. The van der Waals surface area contributed by atoms with Crippen molar-refractivity contribution in [2.75, 3.05) is 11.9 Å². The van der Waals surface area contributed by atoms with Gasteiger partial charge in [-0.3, -0.25) is 4.79 Å². The Bertz CT molecular complexity index is 1130. The zero-order valence-electron chi connectivity index (χ0n) is 16.2. The lowest BCUT2D eigenvalue weighted by atomic mass is 10.2. The van der Waals surface area contributed by atoms with Gasteiger partial charge in [-0.25, -0.2) is 8.42 Å². The summed E-state index contributed by atoms with van der Waals surface area (Å²) in [6.45, 7) is 1.54. The molecule has 0 aliphatic carbocycles. The maximum Gasteiger partial charge on any atom is 0.243 e. The molecule has 0 heterocycles. The number of rotatable bonds is 7. The van der Waals surface area contributed by atoms with Gasteiger partial charge in [0.05, 0.1) is 27.2 Å². The van der Waals surface area contributed by atoms with Crippen LogP contribution in [0.5, 0.6) is 0 Å². The lowest BCUT2D eigenvalue weighted by Gasteiger charge is -2.22. The van der Waals surface area contributed by atoms with Crippen molar-refractivity contribution < 1.29 is 13.2 Å². The van der Waals surface area contributed by atoms with Crippen LogP contribution in [0.4, 0.5) is 5.69 Å². The standard InChI is InChI=1S/C22H20Cl2N2O3S/c1-16-10-12-18(13-11-16)30(28,29)26(14-17-6-3-2-4-7-17)15-21(27)25-20-9-5-8-19(23)22(20)24/h2-13H,14-15H2,1H3,(H,25,27). The Labute approximate surface area is 186 Å². The number of benzene rings is 3. The summed E-state index contributed by atoms with van der Waals surface area (Å²) >= 11 is 12.1. The van der Waals surface area contributed by atoms with Gasteiger partial charge in [0, 0.05) is 6.54 Å². The second-order valence-electron chi connectivity index (χ2n) is 6.72. The van der Waals surface area contributed by atoms with E-state index in [2.05, 4.69) is 5.32 Å². The van der Waals surface area contributed by atoms with Crippen LogP contribution in [-0.2, 0) is 21.4 Å². The molecule has 1 N–H and O–H groups in total. The fourth-order valence-corrected chi connectivity index (χ4v) is 4.55. The summed E-state index contributed by atoms with van der Waals surface area (Å²) in [6, 6.07) is 20.5. The van der Waals surface area contributed by atoms with Crippen molar-refractivity contribution in [3.63, 3.8) is 0 Å². The van der Waals surface area contributed by atoms with Crippen molar-refractivity contribution in [1.29, 1.82) is 0 Å². The van der Waals surface area contributed by atoms with E-state index in [1.807, 2.05) is 37.3 Å². The Morgan fingerprint density at radius 1 is 0.933 bits per heavy atom. The molecule has 0 unspecified atom stereocenters. The number of hydrogen-bond acceptors (Lipinski definition) is 3. The minimum Gasteiger partial charge on any atom is -0.324 e. The van der Waals surface area contributed by atoms with Crippen LogP contribution in [0.15, 0.2) is 77.7 Å². The van der Waals surface area contributed by atoms with Crippen molar-refractivity contribution in [2.24, 2.45) is 0 Å². The smallest absolute Gasteiger partial charge is 0.243 e. The van der Waals surface area contributed by atoms with Gasteiger partial charge < -0.3 is 5.32 Å². The molecular weight excluding hydrogens is 443 g/mol. The van der Waals surface area contributed by atoms with Crippen LogP contribution in [0.3, 0.4) is 0 Å². The zero-order chi connectivity index (χ0) is 21.7. The molecule has 3 aromatic rings. The lowest BCUT2D eigenvalue weighted by molar-refractivity contribution is -0.116. The first-order chi connectivity index (χ1) is 14.3. The quantitative estimate of drug-likeness (QED) is 0.528. The summed E-state index contributed by atoms with van der Waals surface area (Å²) in [7, 11) is -3.91. The number of amides is 1. The predicted molar refractivity (Wildman–Crippen MR) is 120 cm³/mol. The summed E-state index contributed by atoms with van der Waals surface area (Å²) in [5.41, 5.74) is 2.03. The van der Waals surface area contributed by atoms with Gasteiger partial charge in [0.25, 0.3) is 0 Å². The van der Waals surface area contributed by atoms with Gasteiger partial charge in [-0.15, -0.1) is 0 Å². The average Bonchev–Trinajstić information content (AvgIpc) is 2.72. The number of nitrogens with one attached hydrogen (secondary N) is 1. The Balaban J connectivity index is 1.88. The highest BCUT2D eigenvalue weighted by molar-refractivity contribution is 7.89. The van der Waals surface area contributed by atoms with E-state index in [9.17, 15) is 13.2 Å². The minimum absolute atomic E-state index is 0.0494. The largest absolute Gasteiger partial charge is 0.324 e. The number of carbonyl (C=O) groups is 1. The summed E-state index contributed by atoms with van der Waals surface area (Å²) in [6.07, 6.45) is 0. The van der Waals surface area contributed by atoms with Gasteiger partial charge in [0.2, 0.25) is 15.9 Å². The summed E-state index contributed by atoms with van der Waals surface area (Å²) in [5.74, 6) is -0.522. The molecule has 0 saturated carbocycles. The zero-order valence-corrected chi connectivity index (χ0v) is 18.5. The fraction of sp³-hybridized carbons (Fsp3) is 0.136. The SMILES string of the molecule is Cc1ccc(S(=O)(=O)N(CC(=O)Nc2cccc(Cl)c2Cl)Cc2ccccc2)cc1. The van der Waals surface area contributed by atoms with Crippen molar-refractivity contribution in [3.8, 4) is 0 Å². The second-order valence-corrected chi connectivity index (χ2v) is 9.44. The van der Waals surface area contributed by atoms with Gasteiger partial charge in [0.15, 0.2) is 0 Å². The van der Waals surface area contributed by atoms with Crippen LogP contribution < -0.4 is 5.32 Å². The molecule has 0 saturated heterocycles. The highest BCUT2D eigenvalue weighted by atomic mass is 35.5. The molecule has 0 aliphatic heterocycles. The van der Waals surface area contributed by atoms with Crippen LogP contribution >= 0.6 is 23.2 Å². The normalized spacial score (nSPS) is 11.5. The Morgan fingerprint density at radius 2 is 1.60 bits per heavy atom. The fourth-order valence-electron chi connectivity index (χ4n) is 2.82. The Hall–Kier alpha value is -2.38. The van der Waals surface area contributed by atoms with E-state index in [0.29, 0.717) is 10.7 Å². The lowest BCUT2D eigenvalue weighted by Crippen LogP contribution is -2.37. The number of hydrogen-bond donors (Lipinski definition) is 1. The molecule has 0 spiro atoms. The third-order valence-corrected chi connectivity index (χ3v) is 7.03. The number of carbonyl (C=O) groups excluding carboxylic acids is 1. The van der Waals surface area contributed by atoms with E-state index in [0.717, 1.165) is 15.4 Å². The van der Waals surface area contributed by atoms with Crippen LogP contribution in [0.25, 0.3) is 0 Å². The van der Waals surface area contributed by atoms with Crippen LogP contribution in [0.1, 0.15) is 11.1 Å². The molecule has 30 heavy (non-hydrogen) atoms. The monoisotopic (exact) mass is 462 g/mol. The number of nitrogens with zero attached hydrogens (tertiary/aromatic N) is 1. The van der Waals surface area contributed by atoms with Gasteiger partial charge >= 0.3 is 0 Å². The number of aryl methyl sites for hydroxylation is 1. The molecule has 0 aromatic heterocycles. The first-order valence-corrected chi connectivity index (χ1v) is 11.3. The molecule has 156 valence electrons. The van der Waals surface area contributed by atoms with E-state index >= 15 is 0 Å². The number of anilines is 1. The first-order valence-electron chi connectivity index (χ1n) is 9.12. The molecule has 5 nitrogen and oxygen atoms in total. The van der Waals surface area contributed by atoms with E-state index in [4.69, 9.17) is 23.2 Å². The molecule has 1 amide bonds. The molecule has 0 fully saturated rings. The van der Waals surface area contributed by atoms with Crippen LogP contribution in [0.2, 0.25) is 10.0 Å². The van der Waals surface area contributed by atoms with Crippen molar-refractivity contribution in [2.45, 2.75) is 18.4 Å². The third-order valence-electron chi connectivity index (χ3n) is 4.41. The second kappa shape index (κ2) is 9.62. The molecule has 0 bridgehead atoms. The minimum atomic E-state index is -3.91. The van der Waals surface area contributed by atoms with Crippen molar-refractivity contribution in [1.82, 2.24) is 4.31 Å². The average molecular weight is 463 g/mol. The molecule has 3 rings (SSSR count). The predicted octanol–water partition coefficient (Wildman–Crippen LogP) is 5.13. The van der Waals surface area contributed by atoms with E-state index in [1.54, 1.807) is 30.3 Å². The van der Waals surface area contributed by atoms with Crippen LogP contribution in [-0.4, -0.2) is 25.2 Å². The van der Waals surface area contributed by atoms with Gasteiger partial charge in [0.1, 0.15) is 0 Å². The maximum atomic E-state index is 13.3. The molecule has 8 heteroatoms. The van der Waals surface area contributed by atoms with Crippen molar-refractivity contribution >= 4 is 44.8 Å². The van der Waals surface area contributed by atoms with E-state index in [-0.39, 0.29) is 23.0 Å². The third kappa shape index (κ3) is 5.40. The highest BCUT2D eigenvalue weighted by Crippen LogP contribution is 2.29. The maximum absolute atomic E-state index is 13.3. The summed E-state index contributed by atoms with van der Waals surface area (Å²) < 4.78 is 27.7. The number of sulfonamides is 1. The van der Waals surface area contributed by atoms with E-state index < -0.39 is 15.9 Å². The molecular formula is C22H20Cl2N2O3S. The number of halogens is 2. The summed E-state index contributed by atoms with van der Waals surface area (Å²) in [5, 5.41) is 3.13. The van der Waals surface area contributed by atoms with Crippen LogP contribution in [0, 0.1) is 6.92 Å². The van der Waals surface area contributed by atoms with Gasteiger partial charge in [-0.1, -0.05) is 77.3 Å². The molecule has 0 radical (unpaired) electrons.